The normalized spacial score (nSPS) is 12.2. The summed E-state index contributed by atoms with van der Waals surface area (Å²) < 4.78 is 59.3. The van der Waals surface area contributed by atoms with Crippen molar-refractivity contribution in [1.82, 2.24) is 29.5 Å². The van der Waals surface area contributed by atoms with Crippen LogP contribution in [0.15, 0.2) is 79.4 Å². The number of benzene rings is 3. The predicted octanol–water partition coefficient (Wildman–Crippen LogP) is 8.66. The number of aryl methyl sites for hydroxylation is 2. The lowest BCUT2D eigenvalue weighted by Gasteiger charge is -2.16. The minimum Gasteiger partial charge on any atom is -0.293 e. The number of rotatable bonds is 7. The highest BCUT2D eigenvalue weighted by Gasteiger charge is 2.32. The van der Waals surface area contributed by atoms with Crippen molar-refractivity contribution in [2.75, 3.05) is 0 Å². The molecule has 7 aromatic rings. The third-order valence-corrected chi connectivity index (χ3v) is 10.3. The summed E-state index contributed by atoms with van der Waals surface area (Å²) in [5.41, 5.74) is 1.77. The van der Waals surface area contributed by atoms with E-state index in [2.05, 4.69) is 36.1 Å². The van der Waals surface area contributed by atoms with Crippen molar-refractivity contribution in [2.45, 2.75) is 19.8 Å². The first-order valence-corrected chi connectivity index (χ1v) is 17.3. The molecule has 4 aromatic heterocycles. The zero-order valence-electron chi connectivity index (χ0n) is 25.1. The Labute approximate surface area is 295 Å². The Bertz CT molecular complexity index is 2500. The van der Waals surface area contributed by atoms with Crippen LogP contribution in [0.1, 0.15) is 34.0 Å². The fourth-order valence-electron chi connectivity index (χ4n) is 5.57. The van der Waals surface area contributed by atoms with Crippen molar-refractivity contribution < 1.29 is 17.6 Å². The Morgan fingerprint density at radius 2 is 1.29 bits per heavy atom. The van der Waals surface area contributed by atoms with E-state index in [1.54, 1.807) is 50.2 Å². The maximum Gasteiger partial charge on any atom is 0.277 e. The zero-order valence-corrected chi connectivity index (χ0v) is 29.1. The molecule has 2 N–H and O–H groups in total. The monoisotopic (exact) mass is 786 g/mol. The van der Waals surface area contributed by atoms with Gasteiger partial charge >= 0.3 is 0 Å². The Morgan fingerprint density at radius 3 is 1.86 bits per heavy atom. The van der Waals surface area contributed by atoms with Gasteiger partial charge in [-0.15, -0.1) is 22.7 Å². The summed E-state index contributed by atoms with van der Waals surface area (Å²) in [5, 5.41) is 10.2. The molecule has 1 atom stereocenters. The Morgan fingerprint density at radius 1 is 0.755 bits per heavy atom. The van der Waals surface area contributed by atoms with E-state index in [-0.39, 0.29) is 16.4 Å². The van der Waals surface area contributed by atoms with Crippen LogP contribution in [0.2, 0.25) is 5.02 Å². The minimum atomic E-state index is -1.97. The third kappa shape index (κ3) is 5.79. The number of hydrogen-bond donors (Lipinski definition) is 2. The summed E-state index contributed by atoms with van der Waals surface area (Å²) in [6, 6.07) is 14.9. The summed E-state index contributed by atoms with van der Waals surface area (Å²) in [6.07, 6.45) is 0. The molecular weight excluding hydrogens is 768 g/mol. The quantitative estimate of drug-likeness (QED) is 0.0960. The fraction of sp³-hybridized carbons (Fsp3) is 0.0909. The summed E-state index contributed by atoms with van der Waals surface area (Å²) >= 11 is 11.6. The van der Waals surface area contributed by atoms with Crippen LogP contribution < -0.4 is 11.1 Å². The van der Waals surface area contributed by atoms with Gasteiger partial charge < -0.3 is 0 Å². The first-order valence-electron chi connectivity index (χ1n) is 14.3. The lowest BCUT2D eigenvalue weighted by atomic mass is 9.85. The average Bonchev–Trinajstić information content (AvgIpc) is 3.88. The molecule has 1 unspecified atom stereocenters. The minimum absolute atomic E-state index is 0.0224. The first kappa shape index (κ1) is 33.0. The third-order valence-electron chi connectivity index (χ3n) is 7.90. The number of nitrogens with one attached hydrogen (secondary N) is 2. The van der Waals surface area contributed by atoms with Crippen LogP contribution in [0, 0.1) is 37.1 Å². The molecule has 0 bridgehead atoms. The van der Waals surface area contributed by atoms with Crippen LogP contribution in [0.5, 0.6) is 0 Å². The van der Waals surface area contributed by atoms with Gasteiger partial charge in [-0.05, 0) is 49.7 Å². The second-order valence-electron chi connectivity index (χ2n) is 11.0. The Hall–Kier alpha value is -4.57. The molecule has 8 nitrogen and oxygen atoms in total. The molecular formula is C33H20BrClF4N6O2S2. The molecule has 0 aliphatic rings. The number of hydrogen-bond acceptors (Lipinski definition) is 6. The van der Waals surface area contributed by atoms with Crippen molar-refractivity contribution in [3.05, 3.63) is 147 Å². The first-order chi connectivity index (χ1) is 23.4. The van der Waals surface area contributed by atoms with Crippen molar-refractivity contribution in [3.63, 3.8) is 0 Å². The second-order valence-corrected chi connectivity index (χ2v) is 14.0. The molecule has 16 heteroatoms. The maximum atomic E-state index is 14.6. The van der Waals surface area contributed by atoms with E-state index in [0.29, 0.717) is 44.4 Å². The standard InChI is InChI=1S/C33H20BrClF4N6O2S2/c1-14-24(30(46)44(42-14)32-40-22(12-48-32)16-5-9-19(35)10-6-16)26(17-3-7-18(34)8-4-17)25-15(2)43-45(31(25)47)33-41-23(13-49-33)20-11-21(36)28(38)29(39)27(20)37/h3-13,26,42-43H,1-2H3. The van der Waals surface area contributed by atoms with E-state index < -0.39 is 45.9 Å². The highest BCUT2D eigenvalue weighted by Crippen LogP contribution is 2.35. The molecule has 4 heterocycles. The summed E-state index contributed by atoms with van der Waals surface area (Å²) in [4.78, 5) is 37.3. The fourth-order valence-corrected chi connectivity index (χ4v) is 7.53. The summed E-state index contributed by atoms with van der Waals surface area (Å²) in [5.74, 6) is -7.96. The van der Waals surface area contributed by atoms with E-state index in [1.165, 1.54) is 21.4 Å². The molecule has 0 amide bonds. The molecule has 0 fully saturated rings. The maximum absolute atomic E-state index is 14.6. The van der Waals surface area contributed by atoms with Crippen LogP contribution in [0.4, 0.5) is 17.6 Å². The number of nitrogens with zero attached hydrogens (tertiary/aromatic N) is 4. The van der Waals surface area contributed by atoms with Crippen LogP contribution in [0.3, 0.4) is 0 Å². The molecule has 0 saturated carbocycles. The van der Waals surface area contributed by atoms with Gasteiger partial charge in [0.25, 0.3) is 11.1 Å². The molecule has 0 saturated heterocycles. The highest BCUT2D eigenvalue weighted by atomic mass is 79.9. The van der Waals surface area contributed by atoms with E-state index >= 15 is 0 Å². The predicted molar refractivity (Wildman–Crippen MR) is 184 cm³/mol. The van der Waals surface area contributed by atoms with Gasteiger partial charge in [0.2, 0.25) is 10.3 Å². The SMILES string of the molecule is Cc1[nH]n(-c2nc(-c3ccc(Cl)cc3)cs2)c(=O)c1C(c1ccc(Br)cc1)c1c(C)[nH]n(-c2nc(-c3cc(F)c(F)c(F)c3F)cs2)c1=O. The highest BCUT2D eigenvalue weighted by molar-refractivity contribution is 9.10. The van der Waals surface area contributed by atoms with Gasteiger partial charge in [0, 0.05) is 48.7 Å². The number of thiazole rings is 2. The lowest BCUT2D eigenvalue weighted by Crippen LogP contribution is -2.25. The van der Waals surface area contributed by atoms with Gasteiger partial charge in [-0.2, -0.15) is 9.36 Å². The average molecular weight is 788 g/mol. The molecule has 49 heavy (non-hydrogen) atoms. The molecule has 0 radical (unpaired) electrons. The van der Waals surface area contributed by atoms with Crippen molar-refractivity contribution in [3.8, 4) is 32.8 Å². The summed E-state index contributed by atoms with van der Waals surface area (Å²) in [6.45, 7) is 3.40. The van der Waals surface area contributed by atoms with Gasteiger partial charge in [0.15, 0.2) is 23.3 Å². The van der Waals surface area contributed by atoms with Gasteiger partial charge in [-0.1, -0.05) is 51.8 Å². The topological polar surface area (TPSA) is 101 Å². The van der Waals surface area contributed by atoms with Crippen molar-refractivity contribution >= 4 is 50.2 Å². The smallest absolute Gasteiger partial charge is 0.277 e. The van der Waals surface area contributed by atoms with E-state index in [9.17, 15) is 27.2 Å². The van der Waals surface area contributed by atoms with Crippen molar-refractivity contribution in [2.24, 2.45) is 0 Å². The van der Waals surface area contributed by atoms with Gasteiger partial charge in [0.05, 0.1) is 22.5 Å². The Balaban J connectivity index is 1.34. The molecule has 248 valence electrons. The molecule has 7 rings (SSSR count). The van der Waals surface area contributed by atoms with E-state index in [1.807, 2.05) is 17.5 Å². The van der Waals surface area contributed by atoms with Gasteiger partial charge in [-0.3, -0.25) is 19.8 Å². The number of H-pyrrole nitrogens is 2. The summed E-state index contributed by atoms with van der Waals surface area (Å²) in [7, 11) is 0. The van der Waals surface area contributed by atoms with Crippen LogP contribution >= 0.6 is 50.2 Å². The zero-order chi connectivity index (χ0) is 34.7. The van der Waals surface area contributed by atoms with E-state index in [0.717, 1.165) is 26.1 Å². The molecule has 0 aliphatic carbocycles. The molecule has 0 spiro atoms. The number of halogens is 6. The lowest BCUT2D eigenvalue weighted by molar-refractivity contribution is 0.410. The number of aromatic amines is 2. The van der Waals surface area contributed by atoms with Crippen LogP contribution in [0.25, 0.3) is 32.8 Å². The second kappa shape index (κ2) is 12.7. The molecule has 3 aromatic carbocycles. The largest absolute Gasteiger partial charge is 0.293 e. The Kier molecular flexibility index (Phi) is 8.55. The van der Waals surface area contributed by atoms with Crippen molar-refractivity contribution in [1.29, 1.82) is 0 Å². The van der Waals surface area contributed by atoms with Gasteiger partial charge in [0.1, 0.15) is 0 Å². The van der Waals surface area contributed by atoms with E-state index in [4.69, 9.17) is 11.6 Å². The molecule has 0 aliphatic heterocycles. The number of aromatic nitrogens is 6. The van der Waals surface area contributed by atoms with Crippen LogP contribution in [-0.4, -0.2) is 29.5 Å². The van der Waals surface area contributed by atoms with Gasteiger partial charge in [-0.25, -0.2) is 27.5 Å². The van der Waals surface area contributed by atoms with Crippen LogP contribution in [-0.2, 0) is 0 Å².